The van der Waals surface area contributed by atoms with Gasteiger partial charge in [-0.25, -0.2) is 0 Å². The van der Waals surface area contributed by atoms with Crippen LogP contribution in [-0.2, 0) is 9.53 Å². The Morgan fingerprint density at radius 2 is 1.53 bits per heavy atom. The van der Waals surface area contributed by atoms with Crippen molar-refractivity contribution in [3.05, 3.63) is 0 Å². The van der Waals surface area contributed by atoms with Gasteiger partial charge in [0.2, 0.25) is 0 Å². The number of ether oxygens (including phenoxy) is 1. The van der Waals surface area contributed by atoms with E-state index in [1.54, 1.807) is 0 Å². The number of carbonyl (C=O) groups is 1. The molecule has 0 aliphatic heterocycles. The van der Waals surface area contributed by atoms with Crippen LogP contribution in [0.1, 0.15) is 65.2 Å². The summed E-state index contributed by atoms with van der Waals surface area (Å²) in [6.07, 6.45) is 8.62. The number of rotatable bonds is 9. The molecular formula is C12H27AlO2. The van der Waals surface area contributed by atoms with E-state index in [4.69, 9.17) is 4.74 Å². The summed E-state index contributed by atoms with van der Waals surface area (Å²) in [5.74, 6) is -0.0186. The summed E-state index contributed by atoms with van der Waals surface area (Å²) in [5, 5.41) is 0. The highest BCUT2D eigenvalue weighted by Gasteiger charge is 2.01. The molecule has 3 heteroatoms. The molecule has 0 atom stereocenters. The van der Waals surface area contributed by atoms with Crippen LogP contribution in [0.4, 0.5) is 0 Å². The molecule has 0 heterocycles. The highest BCUT2D eigenvalue weighted by Crippen LogP contribution is 2.05. The zero-order valence-electron chi connectivity index (χ0n) is 9.68. The SMILES string of the molecule is CCCCCCCC(=O)OCCCC.[AlH3]. The number of unbranched alkanes of at least 4 members (excludes halogenated alkanes) is 5. The van der Waals surface area contributed by atoms with Crippen molar-refractivity contribution in [2.75, 3.05) is 6.61 Å². The Morgan fingerprint density at radius 1 is 0.933 bits per heavy atom. The zero-order valence-corrected chi connectivity index (χ0v) is 9.68. The lowest BCUT2D eigenvalue weighted by atomic mass is 10.1. The van der Waals surface area contributed by atoms with Crippen LogP contribution in [0.3, 0.4) is 0 Å². The molecule has 0 amide bonds. The van der Waals surface area contributed by atoms with E-state index in [2.05, 4.69) is 13.8 Å². The second-order valence-electron chi connectivity index (χ2n) is 3.74. The normalized spacial score (nSPS) is 9.47. The second-order valence-corrected chi connectivity index (χ2v) is 3.74. The maximum absolute atomic E-state index is 11.1. The summed E-state index contributed by atoms with van der Waals surface area (Å²) in [5.41, 5.74) is 0. The van der Waals surface area contributed by atoms with Gasteiger partial charge in [0, 0.05) is 6.42 Å². The standard InChI is InChI=1S/C12H24O2.Al.3H/c1-3-5-7-8-9-10-12(13)14-11-6-4-2;;;;/h3-11H2,1-2H3;;;;. The van der Waals surface area contributed by atoms with Gasteiger partial charge in [-0.3, -0.25) is 4.79 Å². The lowest BCUT2D eigenvalue weighted by molar-refractivity contribution is -0.143. The van der Waals surface area contributed by atoms with Gasteiger partial charge in [0.1, 0.15) is 0 Å². The minimum absolute atomic E-state index is 0. The molecule has 0 saturated carbocycles. The van der Waals surface area contributed by atoms with E-state index >= 15 is 0 Å². The van der Waals surface area contributed by atoms with Crippen molar-refractivity contribution in [2.24, 2.45) is 0 Å². The summed E-state index contributed by atoms with van der Waals surface area (Å²) in [6, 6.07) is 0. The van der Waals surface area contributed by atoms with Crippen molar-refractivity contribution in [2.45, 2.75) is 65.2 Å². The molecule has 2 nitrogen and oxygen atoms in total. The van der Waals surface area contributed by atoms with Crippen LogP contribution in [0.5, 0.6) is 0 Å². The Kier molecular flexibility index (Phi) is 16.2. The third-order valence-electron chi connectivity index (χ3n) is 2.25. The predicted molar refractivity (Wildman–Crippen MR) is 69.2 cm³/mol. The van der Waals surface area contributed by atoms with Crippen molar-refractivity contribution < 1.29 is 9.53 Å². The average Bonchev–Trinajstić information content (AvgIpc) is 2.18. The molecule has 0 bridgehead atoms. The van der Waals surface area contributed by atoms with E-state index in [0.29, 0.717) is 13.0 Å². The lowest BCUT2D eigenvalue weighted by Gasteiger charge is -2.03. The molecule has 0 spiro atoms. The third-order valence-corrected chi connectivity index (χ3v) is 2.25. The van der Waals surface area contributed by atoms with Crippen molar-refractivity contribution >= 4 is 23.3 Å². The zero-order chi connectivity index (χ0) is 10.6. The summed E-state index contributed by atoms with van der Waals surface area (Å²) < 4.78 is 5.05. The molecule has 0 fully saturated rings. The van der Waals surface area contributed by atoms with Gasteiger partial charge < -0.3 is 4.74 Å². The third kappa shape index (κ3) is 14.0. The molecule has 0 aromatic rings. The first kappa shape index (κ1) is 17.4. The van der Waals surface area contributed by atoms with Crippen LogP contribution >= 0.6 is 0 Å². The molecular weight excluding hydrogens is 203 g/mol. The van der Waals surface area contributed by atoms with Gasteiger partial charge in [-0.2, -0.15) is 0 Å². The first-order chi connectivity index (χ1) is 6.81. The summed E-state index contributed by atoms with van der Waals surface area (Å²) in [6.45, 7) is 4.89. The number of esters is 1. The Balaban J connectivity index is 0. The van der Waals surface area contributed by atoms with E-state index in [-0.39, 0.29) is 23.3 Å². The molecule has 0 saturated heterocycles. The fourth-order valence-electron chi connectivity index (χ4n) is 1.28. The maximum Gasteiger partial charge on any atom is 0.305 e. The summed E-state index contributed by atoms with van der Waals surface area (Å²) in [4.78, 5) is 11.1. The first-order valence-corrected chi connectivity index (χ1v) is 5.96. The van der Waals surface area contributed by atoms with Crippen LogP contribution < -0.4 is 0 Å². The van der Waals surface area contributed by atoms with Gasteiger partial charge in [-0.15, -0.1) is 0 Å². The van der Waals surface area contributed by atoms with Gasteiger partial charge in [-0.05, 0) is 12.8 Å². The fourth-order valence-corrected chi connectivity index (χ4v) is 1.28. The summed E-state index contributed by atoms with van der Waals surface area (Å²) in [7, 11) is 0. The molecule has 0 unspecified atom stereocenters. The van der Waals surface area contributed by atoms with Gasteiger partial charge in [-0.1, -0.05) is 46.0 Å². The predicted octanol–water partition coefficient (Wildman–Crippen LogP) is 2.51. The van der Waals surface area contributed by atoms with Crippen molar-refractivity contribution in [1.82, 2.24) is 0 Å². The van der Waals surface area contributed by atoms with Crippen LogP contribution in [0.2, 0.25) is 0 Å². The van der Waals surface area contributed by atoms with Crippen molar-refractivity contribution in [3.8, 4) is 0 Å². The van der Waals surface area contributed by atoms with Gasteiger partial charge >= 0.3 is 5.97 Å². The van der Waals surface area contributed by atoms with Crippen LogP contribution in [0, 0.1) is 0 Å². The van der Waals surface area contributed by atoms with E-state index in [1.165, 1.54) is 19.3 Å². The number of carbonyl (C=O) groups excluding carboxylic acids is 1. The monoisotopic (exact) mass is 230 g/mol. The minimum Gasteiger partial charge on any atom is -0.466 e. The van der Waals surface area contributed by atoms with Crippen molar-refractivity contribution in [1.29, 1.82) is 0 Å². The highest BCUT2D eigenvalue weighted by atomic mass is 27.0. The Bertz CT molecular complexity index is 138. The first-order valence-electron chi connectivity index (χ1n) is 5.96. The molecule has 15 heavy (non-hydrogen) atoms. The van der Waals surface area contributed by atoms with E-state index in [9.17, 15) is 4.79 Å². The molecule has 0 N–H and O–H groups in total. The molecule has 90 valence electrons. The van der Waals surface area contributed by atoms with Gasteiger partial charge in [0.25, 0.3) is 0 Å². The van der Waals surface area contributed by atoms with E-state index < -0.39 is 0 Å². The van der Waals surface area contributed by atoms with Crippen LogP contribution in [-0.4, -0.2) is 29.9 Å². The largest absolute Gasteiger partial charge is 0.466 e. The van der Waals surface area contributed by atoms with E-state index in [0.717, 1.165) is 25.7 Å². The topological polar surface area (TPSA) is 26.3 Å². The van der Waals surface area contributed by atoms with Crippen LogP contribution in [0.15, 0.2) is 0 Å². The fraction of sp³-hybridized carbons (Fsp3) is 0.917. The molecule has 0 rings (SSSR count). The molecule has 0 aromatic carbocycles. The van der Waals surface area contributed by atoms with Gasteiger partial charge in [0.15, 0.2) is 17.4 Å². The molecule has 0 radical (unpaired) electrons. The van der Waals surface area contributed by atoms with Crippen LogP contribution in [0.25, 0.3) is 0 Å². The Morgan fingerprint density at radius 3 is 2.13 bits per heavy atom. The second kappa shape index (κ2) is 14.0. The Hall–Kier alpha value is 0.00247. The molecule has 0 aliphatic rings. The highest BCUT2D eigenvalue weighted by molar-refractivity contribution is 5.75. The van der Waals surface area contributed by atoms with Crippen molar-refractivity contribution in [3.63, 3.8) is 0 Å². The van der Waals surface area contributed by atoms with Gasteiger partial charge in [0.05, 0.1) is 6.61 Å². The minimum atomic E-state index is -0.0186. The molecule has 0 aliphatic carbocycles. The smallest absolute Gasteiger partial charge is 0.305 e. The Labute approximate surface area is 105 Å². The number of hydrogen-bond acceptors (Lipinski definition) is 2. The summed E-state index contributed by atoms with van der Waals surface area (Å²) >= 11 is 0. The lowest BCUT2D eigenvalue weighted by Crippen LogP contribution is -2.05. The molecule has 0 aromatic heterocycles. The maximum atomic E-state index is 11.1. The average molecular weight is 230 g/mol. The quantitative estimate of drug-likeness (QED) is 0.345. The van der Waals surface area contributed by atoms with E-state index in [1.807, 2.05) is 0 Å². The number of hydrogen-bond donors (Lipinski definition) is 0.